The normalized spacial score (nSPS) is 24.1. The molecule has 6 nitrogen and oxygen atoms in total. The maximum atomic E-state index is 12.0. The molecule has 2 aliphatic rings. The van der Waals surface area contributed by atoms with Gasteiger partial charge in [-0.1, -0.05) is 0 Å². The molecule has 0 radical (unpaired) electrons. The van der Waals surface area contributed by atoms with Crippen LogP contribution in [0.2, 0.25) is 0 Å². The van der Waals surface area contributed by atoms with E-state index in [0.717, 1.165) is 24.5 Å². The number of hydrogen-bond acceptors (Lipinski definition) is 5. The lowest BCUT2D eigenvalue weighted by Gasteiger charge is -2.10. The number of nitrogens with one attached hydrogen (secondary N) is 1. The fourth-order valence-electron chi connectivity index (χ4n) is 2.11. The molecule has 1 atom stereocenters. The van der Waals surface area contributed by atoms with Crippen LogP contribution in [-0.4, -0.2) is 34.1 Å². The van der Waals surface area contributed by atoms with Crippen LogP contribution < -0.4 is 5.32 Å². The standard InChI is InChI=1S/C12H14N2O4S/c15-9(14-12(3-4-12)11(16)17)7-6-19-10(13-7)8-2-1-5-18-8/h6,8H,1-5H2,(H,14,15)(H,16,17). The second-order valence-electron chi connectivity index (χ2n) is 4.91. The van der Waals surface area contributed by atoms with E-state index < -0.39 is 17.4 Å². The number of carbonyl (C=O) groups excluding carboxylic acids is 1. The molecular weight excluding hydrogens is 268 g/mol. The molecule has 7 heteroatoms. The maximum Gasteiger partial charge on any atom is 0.329 e. The topological polar surface area (TPSA) is 88.5 Å². The number of thiazole rings is 1. The van der Waals surface area contributed by atoms with Crippen molar-refractivity contribution in [3.8, 4) is 0 Å². The van der Waals surface area contributed by atoms with Crippen molar-refractivity contribution in [3.63, 3.8) is 0 Å². The third-order valence-electron chi connectivity index (χ3n) is 3.47. The van der Waals surface area contributed by atoms with E-state index in [1.807, 2.05) is 0 Å². The monoisotopic (exact) mass is 282 g/mol. The van der Waals surface area contributed by atoms with Gasteiger partial charge in [0.15, 0.2) is 0 Å². The molecule has 2 N–H and O–H groups in total. The Bertz CT molecular complexity index is 518. The number of nitrogens with zero attached hydrogens (tertiary/aromatic N) is 1. The van der Waals surface area contributed by atoms with Crippen molar-refractivity contribution in [3.05, 3.63) is 16.1 Å². The van der Waals surface area contributed by atoms with Crippen molar-refractivity contribution < 1.29 is 19.4 Å². The lowest BCUT2D eigenvalue weighted by Crippen LogP contribution is -2.43. The minimum Gasteiger partial charge on any atom is -0.480 e. The number of amides is 1. The fourth-order valence-corrected chi connectivity index (χ4v) is 2.99. The molecule has 1 amide bonds. The molecule has 0 spiro atoms. The van der Waals surface area contributed by atoms with Crippen LogP contribution in [-0.2, 0) is 9.53 Å². The van der Waals surface area contributed by atoms with Crippen LogP contribution in [0.25, 0.3) is 0 Å². The summed E-state index contributed by atoms with van der Waals surface area (Å²) in [6.45, 7) is 0.730. The van der Waals surface area contributed by atoms with Gasteiger partial charge in [0.2, 0.25) is 0 Å². The molecule has 102 valence electrons. The summed E-state index contributed by atoms with van der Waals surface area (Å²) >= 11 is 1.39. The zero-order valence-electron chi connectivity index (χ0n) is 10.2. The van der Waals surface area contributed by atoms with E-state index in [4.69, 9.17) is 9.84 Å². The van der Waals surface area contributed by atoms with Crippen molar-refractivity contribution in [1.82, 2.24) is 10.3 Å². The molecule has 0 bridgehead atoms. The average Bonchev–Trinajstić information content (AvgIpc) is 2.87. The summed E-state index contributed by atoms with van der Waals surface area (Å²) in [5.74, 6) is -1.39. The predicted molar refractivity (Wildman–Crippen MR) is 67.1 cm³/mol. The number of aromatic nitrogens is 1. The summed E-state index contributed by atoms with van der Waals surface area (Å²) in [5.41, 5.74) is -0.784. The molecule has 0 aromatic carbocycles. The number of ether oxygens (including phenoxy) is 1. The minimum atomic E-state index is -1.06. The SMILES string of the molecule is O=C(NC1(C(=O)O)CC1)c1csc(C2CCCO2)n1. The number of hydrogen-bond donors (Lipinski definition) is 2. The van der Waals surface area contributed by atoms with E-state index >= 15 is 0 Å². The van der Waals surface area contributed by atoms with Gasteiger partial charge in [-0.25, -0.2) is 9.78 Å². The lowest BCUT2D eigenvalue weighted by molar-refractivity contribution is -0.140. The van der Waals surface area contributed by atoms with E-state index in [2.05, 4.69) is 10.3 Å². The van der Waals surface area contributed by atoms with Crippen LogP contribution in [0, 0.1) is 0 Å². The second-order valence-corrected chi connectivity index (χ2v) is 5.80. The molecule has 3 rings (SSSR count). The zero-order chi connectivity index (χ0) is 13.5. The third kappa shape index (κ3) is 2.35. The Balaban J connectivity index is 1.69. The summed E-state index contributed by atoms with van der Waals surface area (Å²) in [4.78, 5) is 27.2. The fraction of sp³-hybridized carbons (Fsp3) is 0.583. The van der Waals surface area contributed by atoms with Gasteiger partial charge in [0, 0.05) is 12.0 Å². The highest BCUT2D eigenvalue weighted by Gasteiger charge is 2.51. The van der Waals surface area contributed by atoms with Crippen LogP contribution in [0.5, 0.6) is 0 Å². The summed E-state index contributed by atoms with van der Waals surface area (Å²) < 4.78 is 5.51. The summed E-state index contributed by atoms with van der Waals surface area (Å²) in [7, 11) is 0. The molecule has 1 aromatic rings. The van der Waals surface area contributed by atoms with E-state index in [0.29, 0.717) is 12.8 Å². The quantitative estimate of drug-likeness (QED) is 0.870. The van der Waals surface area contributed by atoms with Gasteiger partial charge < -0.3 is 15.2 Å². The van der Waals surface area contributed by atoms with E-state index in [-0.39, 0.29) is 11.8 Å². The first-order valence-electron chi connectivity index (χ1n) is 6.24. The van der Waals surface area contributed by atoms with Gasteiger partial charge in [0.1, 0.15) is 22.3 Å². The maximum absolute atomic E-state index is 12.0. The number of carbonyl (C=O) groups is 2. The minimum absolute atomic E-state index is 0.0130. The molecule has 1 unspecified atom stereocenters. The predicted octanol–water partition coefficient (Wildman–Crippen LogP) is 1.34. The van der Waals surface area contributed by atoms with Gasteiger partial charge in [-0.05, 0) is 25.7 Å². The molecular formula is C12H14N2O4S. The molecule has 2 heterocycles. The molecule has 1 saturated heterocycles. The Hall–Kier alpha value is -1.47. The van der Waals surface area contributed by atoms with Crippen molar-refractivity contribution >= 4 is 23.2 Å². The summed E-state index contributed by atoms with van der Waals surface area (Å²) in [6.07, 6.45) is 2.88. The Morgan fingerprint density at radius 1 is 1.53 bits per heavy atom. The van der Waals surface area contributed by atoms with Crippen LogP contribution >= 0.6 is 11.3 Å². The van der Waals surface area contributed by atoms with Gasteiger partial charge >= 0.3 is 5.97 Å². The van der Waals surface area contributed by atoms with Gasteiger partial charge in [-0.15, -0.1) is 11.3 Å². The third-order valence-corrected chi connectivity index (χ3v) is 4.41. The average molecular weight is 282 g/mol. The van der Waals surface area contributed by atoms with Crippen molar-refractivity contribution in [1.29, 1.82) is 0 Å². The highest BCUT2D eigenvalue weighted by Crippen LogP contribution is 2.36. The first-order chi connectivity index (χ1) is 9.11. The van der Waals surface area contributed by atoms with Gasteiger partial charge in [0.05, 0.1) is 0 Å². The Kier molecular flexibility index (Phi) is 3.02. The Labute approximate surface area is 113 Å². The van der Waals surface area contributed by atoms with Crippen LogP contribution in [0.3, 0.4) is 0 Å². The van der Waals surface area contributed by atoms with E-state index in [1.54, 1.807) is 5.38 Å². The van der Waals surface area contributed by atoms with Gasteiger partial charge in [-0.3, -0.25) is 4.79 Å². The van der Waals surface area contributed by atoms with Gasteiger partial charge in [0.25, 0.3) is 5.91 Å². The van der Waals surface area contributed by atoms with Crippen LogP contribution in [0.4, 0.5) is 0 Å². The van der Waals surface area contributed by atoms with E-state index in [9.17, 15) is 9.59 Å². The summed E-state index contributed by atoms with van der Waals surface area (Å²) in [6, 6.07) is 0. The Morgan fingerprint density at radius 2 is 2.32 bits per heavy atom. The molecule has 1 aromatic heterocycles. The highest BCUT2D eigenvalue weighted by molar-refractivity contribution is 7.09. The van der Waals surface area contributed by atoms with Crippen molar-refractivity contribution in [2.75, 3.05) is 6.61 Å². The first-order valence-corrected chi connectivity index (χ1v) is 7.12. The first kappa shape index (κ1) is 12.6. The smallest absolute Gasteiger partial charge is 0.329 e. The second kappa shape index (κ2) is 4.57. The molecule has 19 heavy (non-hydrogen) atoms. The summed E-state index contributed by atoms with van der Waals surface area (Å²) in [5, 5.41) is 14.0. The van der Waals surface area contributed by atoms with Crippen LogP contribution in [0.1, 0.15) is 47.3 Å². The number of aliphatic carboxylic acids is 1. The molecule has 1 aliphatic heterocycles. The highest BCUT2D eigenvalue weighted by atomic mass is 32.1. The van der Waals surface area contributed by atoms with E-state index in [1.165, 1.54) is 11.3 Å². The number of carboxylic acid groups (broad SMARTS) is 1. The number of rotatable bonds is 4. The molecule has 2 fully saturated rings. The zero-order valence-corrected chi connectivity index (χ0v) is 11.0. The van der Waals surface area contributed by atoms with Crippen molar-refractivity contribution in [2.45, 2.75) is 37.3 Å². The van der Waals surface area contributed by atoms with Crippen molar-refractivity contribution in [2.24, 2.45) is 0 Å². The Morgan fingerprint density at radius 3 is 2.89 bits per heavy atom. The lowest BCUT2D eigenvalue weighted by atomic mass is 10.2. The van der Waals surface area contributed by atoms with Gasteiger partial charge in [-0.2, -0.15) is 0 Å². The largest absolute Gasteiger partial charge is 0.480 e. The van der Waals surface area contributed by atoms with Crippen LogP contribution in [0.15, 0.2) is 5.38 Å². The number of carboxylic acids is 1. The molecule has 1 saturated carbocycles. The molecule has 1 aliphatic carbocycles.